The van der Waals surface area contributed by atoms with Crippen molar-refractivity contribution in [2.45, 2.75) is 41.6 Å². The molecule has 0 bridgehead atoms. The van der Waals surface area contributed by atoms with E-state index in [1.165, 1.54) is 36.4 Å². The van der Waals surface area contributed by atoms with Crippen LogP contribution in [0.1, 0.15) is 36.1 Å². The zero-order valence-electron chi connectivity index (χ0n) is 27.8. The maximum absolute atomic E-state index is 11.8. The van der Waals surface area contributed by atoms with Gasteiger partial charge < -0.3 is 4.90 Å². The van der Waals surface area contributed by atoms with Gasteiger partial charge in [0.15, 0.2) is 12.3 Å². The third kappa shape index (κ3) is 9.35. The van der Waals surface area contributed by atoms with Crippen molar-refractivity contribution in [2.75, 3.05) is 18.0 Å². The van der Waals surface area contributed by atoms with Crippen molar-refractivity contribution in [1.82, 2.24) is 0 Å². The SMILES string of the molecule is CCN(Cc1ccc(S(=O)(=O)O)cc1)c1ccc(C(=C2C=CC(=[N+](CC)Cc3ccc(S(=O)(=O)O)cc3)C=C2)c2ccc(S(=O)(=O)O)cc2)cc1. The Hall–Kier alpha value is -4.70. The predicted octanol–water partition coefficient (Wildman–Crippen LogP) is 6.05. The van der Waals surface area contributed by atoms with Crippen LogP contribution in [0.4, 0.5) is 5.69 Å². The lowest BCUT2D eigenvalue weighted by molar-refractivity contribution is -0.539. The Balaban J connectivity index is 1.47. The van der Waals surface area contributed by atoms with Crippen molar-refractivity contribution in [2.24, 2.45) is 0 Å². The fraction of sp³-hybridized carbons (Fsp3) is 0.162. The van der Waals surface area contributed by atoms with Crippen LogP contribution in [0.5, 0.6) is 0 Å². The van der Waals surface area contributed by atoms with Crippen LogP contribution in [0.15, 0.2) is 142 Å². The second-order valence-electron chi connectivity index (χ2n) is 11.7. The molecule has 3 N–H and O–H groups in total. The molecule has 0 saturated carbocycles. The molecule has 1 aliphatic carbocycles. The summed E-state index contributed by atoms with van der Waals surface area (Å²) in [5, 5.41) is 0. The number of nitrogens with zero attached hydrogens (tertiary/aromatic N) is 2. The number of benzene rings is 4. The zero-order chi connectivity index (χ0) is 37.0. The number of hydrogen-bond acceptors (Lipinski definition) is 7. The molecule has 266 valence electrons. The van der Waals surface area contributed by atoms with Crippen LogP contribution in [0.25, 0.3) is 5.57 Å². The van der Waals surface area contributed by atoms with Crippen molar-refractivity contribution < 1.29 is 43.5 Å². The lowest BCUT2D eigenvalue weighted by Gasteiger charge is -2.24. The van der Waals surface area contributed by atoms with Gasteiger partial charge in [-0.05, 0) is 102 Å². The molecule has 0 amide bonds. The van der Waals surface area contributed by atoms with Crippen LogP contribution >= 0.6 is 0 Å². The van der Waals surface area contributed by atoms with E-state index in [2.05, 4.69) is 9.48 Å². The molecule has 0 saturated heterocycles. The maximum Gasteiger partial charge on any atom is 0.294 e. The monoisotopic (exact) mass is 749 g/mol. The predicted molar refractivity (Wildman–Crippen MR) is 196 cm³/mol. The minimum Gasteiger partial charge on any atom is -0.367 e. The summed E-state index contributed by atoms with van der Waals surface area (Å²) in [7, 11) is -13.0. The van der Waals surface area contributed by atoms with Crippen molar-refractivity contribution in [3.05, 3.63) is 149 Å². The summed E-state index contributed by atoms with van der Waals surface area (Å²) < 4.78 is 99.5. The highest BCUT2D eigenvalue weighted by Crippen LogP contribution is 2.32. The van der Waals surface area contributed by atoms with Crippen molar-refractivity contribution in [3.63, 3.8) is 0 Å². The Labute approximate surface area is 298 Å². The normalized spacial score (nSPS) is 13.4. The standard InChI is InChI=1S/C37H36N2O9S3/c1-3-38(25-27-5-19-34(20-6-27)49(40,41)42)32-15-9-29(10-16-32)37(31-13-23-36(24-14-31)51(46,47)48)30-11-17-33(18-12-30)39(4-2)26-28-7-21-35(22-8-28)50(43,44)45/h5-24H,3-4,25-26H2,1-2H3,(H2-,40,41,42,43,44,45,46,47,48)/p+1. The Bertz CT molecular complexity index is 2340. The summed E-state index contributed by atoms with van der Waals surface area (Å²) in [6.07, 6.45) is 7.87. The van der Waals surface area contributed by atoms with E-state index in [4.69, 9.17) is 0 Å². The van der Waals surface area contributed by atoms with E-state index in [1.54, 1.807) is 36.4 Å². The fourth-order valence-electron chi connectivity index (χ4n) is 5.72. The van der Waals surface area contributed by atoms with Gasteiger partial charge in [0.1, 0.15) is 6.54 Å². The first-order chi connectivity index (χ1) is 24.1. The van der Waals surface area contributed by atoms with Gasteiger partial charge in [-0.3, -0.25) is 13.7 Å². The molecular weight excluding hydrogens is 713 g/mol. The summed E-state index contributed by atoms with van der Waals surface area (Å²) >= 11 is 0. The van der Waals surface area contributed by atoms with Crippen molar-refractivity contribution in [3.8, 4) is 0 Å². The summed E-state index contributed by atoms with van der Waals surface area (Å²) in [6, 6.07) is 26.0. The highest BCUT2D eigenvalue weighted by molar-refractivity contribution is 7.86. The van der Waals surface area contributed by atoms with E-state index in [0.29, 0.717) is 26.2 Å². The van der Waals surface area contributed by atoms with E-state index in [-0.39, 0.29) is 14.7 Å². The number of hydrogen-bond donors (Lipinski definition) is 3. The Kier molecular flexibility index (Phi) is 11.2. The third-order valence-corrected chi connectivity index (χ3v) is 11.0. The Morgan fingerprint density at radius 3 is 1.39 bits per heavy atom. The molecular formula is C37H37N2O9S3+. The average Bonchev–Trinajstić information content (AvgIpc) is 3.10. The van der Waals surface area contributed by atoms with Crippen LogP contribution in [0.2, 0.25) is 0 Å². The topological polar surface area (TPSA) is 169 Å². The van der Waals surface area contributed by atoms with E-state index < -0.39 is 30.4 Å². The highest BCUT2D eigenvalue weighted by Gasteiger charge is 2.18. The van der Waals surface area contributed by atoms with Crippen LogP contribution in [-0.4, -0.2) is 62.3 Å². The molecule has 0 atom stereocenters. The molecule has 0 aromatic heterocycles. The molecule has 0 spiro atoms. The molecule has 0 aliphatic heterocycles. The van der Waals surface area contributed by atoms with Crippen molar-refractivity contribution >= 4 is 47.3 Å². The van der Waals surface area contributed by atoms with E-state index in [0.717, 1.165) is 44.8 Å². The van der Waals surface area contributed by atoms with Gasteiger partial charge in [0.2, 0.25) is 0 Å². The van der Waals surface area contributed by atoms with Gasteiger partial charge >= 0.3 is 0 Å². The van der Waals surface area contributed by atoms with Gasteiger partial charge in [-0.1, -0.05) is 48.5 Å². The quantitative estimate of drug-likeness (QED) is 0.114. The highest BCUT2D eigenvalue weighted by atomic mass is 32.2. The summed E-state index contributed by atoms with van der Waals surface area (Å²) in [5.41, 5.74) is 6.80. The summed E-state index contributed by atoms with van der Waals surface area (Å²) in [6.45, 7) is 6.32. The van der Waals surface area contributed by atoms with Gasteiger partial charge in [0.05, 0.1) is 14.7 Å². The molecule has 5 rings (SSSR count). The largest absolute Gasteiger partial charge is 0.367 e. The van der Waals surface area contributed by atoms with Crippen LogP contribution in [-0.2, 0) is 43.4 Å². The fourth-order valence-corrected chi connectivity index (χ4v) is 7.16. The number of rotatable bonds is 12. The third-order valence-electron chi connectivity index (χ3n) is 8.44. The lowest BCUT2D eigenvalue weighted by atomic mass is 9.90. The molecule has 4 aromatic carbocycles. The van der Waals surface area contributed by atoms with E-state index in [9.17, 15) is 38.9 Å². The zero-order valence-corrected chi connectivity index (χ0v) is 30.2. The molecule has 4 aromatic rings. The van der Waals surface area contributed by atoms with Crippen LogP contribution < -0.4 is 4.90 Å². The Morgan fingerprint density at radius 1 is 0.569 bits per heavy atom. The van der Waals surface area contributed by atoms with Gasteiger partial charge in [-0.25, -0.2) is 4.58 Å². The number of allylic oxidation sites excluding steroid dienone is 5. The smallest absolute Gasteiger partial charge is 0.294 e. The Morgan fingerprint density at radius 2 is 0.980 bits per heavy atom. The van der Waals surface area contributed by atoms with Gasteiger partial charge in [0.25, 0.3) is 30.4 Å². The van der Waals surface area contributed by atoms with Gasteiger partial charge in [-0.2, -0.15) is 25.3 Å². The molecule has 0 heterocycles. The minimum atomic E-state index is -4.39. The summed E-state index contributed by atoms with van der Waals surface area (Å²) in [4.78, 5) is 1.55. The molecule has 0 fully saturated rings. The first-order valence-electron chi connectivity index (χ1n) is 15.9. The van der Waals surface area contributed by atoms with E-state index >= 15 is 0 Å². The van der Waals surface area contributed by atoms with Gasteiger partial charge in [-0.15, -0.1) is 0 Å². The molecule has 0 unspecified atom stereocenters. The average molecular weight is 750 g/mol. The minimum absolute atomic E-state index is 0.171. The molecule has 51 heavy (non-hydrogen) atoms. The van der Waals surface area contributed by atoms with Crippen molar-refractivity contribution in [1.29, 1.82) is 0 Å². The van der Waals surface area contributed by atoms with Crippen LogP contribution in [0.3, 0.4) is 0 Å². The molecule has 11 nitrogen and oxygen atoms in total. The first kappa shape index (κ1) is 37.6. The maximum atomic E-state index is 11.8. The molecule has 1 aliphatic rings. The van der Waals surface area contributed by atoms with E-state index in [1.807, 2.05) is 62.4 Å². The lowest BCUT2D eigenvalue weighted by Crippen LogP contribution is -2.22. The molecule has 14 heteroatoms. The van der Waals surface area contributed by atoms with Gasteiger partial charge in [0, 0.05) is 36.5 Å². The van der Waals surface area contributed by atoms with Crippen LogP contribution in [0, 0.1) is 0 Å². The summed E-state index contributed by atoms with van der Waals surface area (Å²) in [5.74, 6) is 0. The molecule has 0 radical (unpaired) electrons. The second-order valence-corrected chi connectivity index (χ2v) is 16.0. The second kappa shape index (κ2) is 15.3. The number of anilines is 1. The first-order valence-corrected chi connectivity index (χ1v) is 20.2.